The van der Waals surface area contributed by atoms with Gasteiger partial charge in [-0.1, -0.05) is 29.8 Å². The lowest BCUT2D eigenvalue weighted by molar-refractivity contribution is -0.117. The van der Waals surface area contributed by atoms with Gasteiger partial charge in [0, 0.05) is 22.6 Å². The van der Waals surface area contributed by atoms with Gasteiger partial charge in [0.1, 0.15) is 0 Å². The van der Waals surface area contributed by atoms with E-state index in [-0.39, 0.29) is 11.8 Å². The fraction of sp³-hybridized carbons (Fsp3) is 0.263. The van der Waals surface area contributed by atoms with Crippen molar-refractivity contribution in [2.45, 2.75) is 26.2 Å². The standard InChI is InChI=1S/C19H24N4O/c1-12-4-3-5-14(10-12)16(8-9-20)19(24)23-15-6-7-18(22)17(11-15)13(2)21/h3-7,10-11,16,21H,8-9,20,22H2,1-2H3,(H,23,24). The molecule has 0 aliphatic heterocycles. The minimum Gasteiger partial charge on any atom is -0.398 e. The fourth-order valence-corrected chi connectivity index (χ4v) is 2.69. The lowest BCUT2D eigenvalue weighted by Gasteiger charge is -2.18. The maximum atomic E-state index is 12.7. The molecule has 2 aromatic carbocycles. The number of aryl methyl sites for hydroxylation is 1. The number of hydrogen-bond acceptors (Lipinski definition) is 4. The summed E-state index contributed by atoms with van der Waals surface area (Å²) < 4.78 is 0. The lowest BCUT2D eigenvalue weighted by Crippen LogP contribution is -2.23. The minimum atomic E-state index is -0.308. The minimum absolute atomic E-state index is 0.107. The summed E-state index contributed by atoms with van der Waals surface area (Å²) in [6.45, 7) is 4.10. The highest BCUT2D eigenvalue weighted by atomic mass is 16.1. The van der Waals surface area contributed by atoms with Gasteiger partial charge in [-0.15, -0.1) is 0 Å². The molecule has 0 aliphatic rings. The average molecular weight is 324 g/mol. The molecule has 6 N–H and O–H groups in total. The van der Waals surface area contributed by atoms with E-state index in [1.165, 1.54) is 0 Å². The molecular formula is C19H24N4O. The highest BCUT2D eigenvalue weighted by Crippen LogP contribution is 2.24. The van der Waals surface area contributed by atoms with E-state index in [1.54, 1.807) is 25.1 Å². The topological polar surface area (TPSA) is 105 Å². The molecule has 1 amide bonds. The van der Waals surface area contributed by atoms with Crippen LogP contribution in [0, 0.1) is 12.3 Å². The van der Waals surface area contributed by atoms with E-state index in [2.05, 4.69) is 5.32 Å². The summed E-state index contributed by atoms with van der Waals surface area (Å²) in [7, 11) is 0. The van der Waals surface area contributed by atoms with Gasteiger partial charge in [-0.3, -0.25) is 4.79 Å². The first-order valence-corrected chi connectivity index (χ1v) is 7.95. The van der Waals surface area contributed by atoms with Crippen molar-refractivity contribution in [3.63, 3.8) is 0 Å². The third-order valence-electron chi connectivity index (χ3n) is 3.94. The highest BCUT2D eigenvalue weighted by Gasteiger charge is 2.20. The molecule has 0 fully saturated rings. The molecule has 0 heterocycles. The van der Waals surface area contributed by atoms with E-state index in [0.29, 0.717) is 35.6 Å². The molecule has 0 radical (unpaired) electrons. The van der Waals surface area contributed by atoms with Gasteiger partial charge < -0.3 is 22.2 Å². The molecule has 0 aliphatic carbocycles. The van der Waals surface area contributed by atoms with Crippen LogP contribution in [0.25, 0.3) is 0 Å². The molecule has 1 unspecified atom stereocenters. The lowest BCUT2D eigenvalue weighted by atomic mass is 9.93. The number of nitrogens with one attached hydrogen (secondary N) is 2. The number of nitrogens with two attached hydrogens (primary N) is 2. The monoisotopic (exact) mass is 324 g/mol. The molecule has 1 atom stereocenters. The number of hydrogen-bond donors (Lipinski definition) is 4. The molecule has 2 aromatic rings. The summed E-state index contributed by atoms with van der Waals surface area (Å²) in [5, 5.41) is 10.7. The second-order valence-electron chi connectivity index (χ2n) is 5.96. The number of benzene rings is 2. The van der Waals surface area contributed by atoms with Gasteiger partial charge in [0.15, 0.2) is 0 Å². The first-order valence-electron chi connectivity index (χ1n) is 7.95. The Morgan fingerprint density at radius 3 is 2.62 bits per heavy atom. The van der Waals surface area contributed by atoms with Crippen LogP contribution in [0.15, 0.2) is 42.5 Å². The number of carbonyl (C=O) groups excluding carboxylic acids is 1. The third kappa shape index (κ3) is 4.20. The average Bonchev–Trinajstić information content (AvgIpc) is 2.54. The first kappa shape index (κ1) is 17.7. The molecule has 126 valence electrons. The van der Waals surface area contributed by atoms with Crippen LogP contribution in [0.1, 0.15) is 36.0 Å². The molecular weight excluding hydrogens is 300 g/mol. The molecule has 24 heavy (non-hydrogen) atoms. The number of nitrogen functional groups attached to an aromatic ring is 1. The smallest absolute Gasteiger partial charge is 0.231 e. The Labute approximate surface area is 142 Å². The van der Waals surface area contributed by atoms with Crippen LogP contribution in [-0.4, -0.2) is 18.2 Å². The van der Waals surface area contributed by atoms with Crippen molar-refractivity contribution < 1.29 is 4.79 Å². The van der Waals surface area contributed by atoms with Gasteiger partial charge in [0.05, 0.1) is 5.92 Å². The Kier molecular flexibility index (Phi) is 5.71. The van der Waals surface area contributed by atoms with Gasteiger partial charge in [-0.2, -0.15) is 0 Å². The predicted octanol–water partition coefficient (Wildman–Crippen LogP) is 3.04. The summed E-state index contributed by atoms with van der Waals surface area (Å²) in [6.07, 6.45) is 0.570. The largest absolute Gasteiger partial charge is 0.398 e. The molecule has 0 saturated carbocycles. The quantitative estimate of drug-likeness (QED) is 0.485. The molecule has 5 heteroatoms. The van der Waals surface area contributed by atoms with E-state index >= 15 is 0 Å². The Hall–Kier alpha value is -2.66. The van der Waals surface area contributed by atoms with E-state index in [4.69, 9.17) is 16.9 Å². The van der Waals surface area contributed by atoms with E-state index in [9.17, 15) is 4.79 Å². The third-order valence-corrected chi connectivity index (χ3v) is 3.94. The molecule has 0 aromatic heterocycles. The Morgan fingerprint density at radius 1 is 1.25 bits per heavy atom. The van der Waals surface area contributed by atoms with Crippen LogP contribution in [0.4, 0.5) is 11.4 Å². The zero-order chi connectivity index (χ0) is 17.7. The van der Waals surface area contributed by atoms with Crippen LogP contribution >= 0.6 is 0 Å². The van der Waals surface area contributed by atoms with Crippen molar-refractivity contribution in [1.29, 1.82) is 5.41 Å². The Morgan fingerprint density at radius 2 is 2.00 bits per heavy atom. The van der Waals surface area contributed by atoms with Crippen LogP contribution < -0.4 is 16.8 Å². The molecule has 0 saturated heterocycles. The summed E-state index contributed by atoms with van der Waals surface area (Å²) in [4.78, 5) is 12.7. The summed E-state index contributed by atoms with van der Waals surface area (Å²) in [5.41, 5.74) is 15.8. The molecule has 0 spiro atoms. The normalized spacial score (nSPS) is 11.8. The van der Waals surface area contributed by atoms with Crippen molar-refractivity contribution in [1.82, 2.24) is 0 Å². The second-order valence-corrected chi connectivity index (χ2v) is 5.96. The summed E-state index contributed by atoms with van der Waals surface area (Å²) in [6, 6.07) is 13.1. The predicted molar refractivity (Wildman–Crippen MR) is 99.6 cm³/mol. The number of anilines is 2. The maximum Gasteiger partial charge on any atom is 0.231 e. The zero-order valence-corrected chi connectivity index (χ0v) is 14.1. The first-order chi connectivity index (χ1) is 11.4. The van der Waals surface area contributed by atoms with Crippen LogP contribution in [0.2, 0.25) is 0 Å². The number of carbonyl (C=O) groups is 1. The van der Waals surface area contributed by atoms with Gasteiger partial charge in [0.2, 0.25) is 5.91 Å². The van der Waals surface area contributed by atoms with E-state index in [1.807, 2.05) is 31.2 Å². The molecule has 5 nitrogen and oxygen atoms in total. The number of rotatable bonds is 6. The number of amides is 1. The van der Waals surface area contributed by atoms with Crippen molar-refractivity contribution in [2.75, 3.05) is 17.6 Å². The van der Waals surface area contributed by atoms with Gasteiger partial charge in [-0.25, -0.2) is 0 Å². The van der Waals surface area contributed by atoms with Crippen molar-refractivity contribution >= 4 is 23.0 Å². The van der Waals surface area contributed by atoms with Crippen molar-refractivity contribution in [3.05, 3.63) is 59.2 Å². The molecule has 2 rings (SSSR count). The van der Waals surface area contributed by atoms with Crippen molar-refractivity contribution in [3.8, 4) is 0 Å². The Balaban J connectivity index is 2.25. The van der Waals surface area contributed by atoms with Crippen LogP contribution in [-0.2, 0) is 4.79 Å². The zero-order valence-electron chi connectivity index (χ0n) is 14.1. The van der Waals surface area contributed by atoms with E-state index < -0.39 is 0 Å². The van der Waals surface area contributed by atoms with E-state index in [0.717, 1.165) is 11.1 Å². The van der Waals surface area contributed by atoms with Crippen LogP contribution in [0.5, 0.6) is 0 Å². The summed E-state index contributed by atoms with van der Waals surface area (Å²) in [5.74, 6) is -0.415. The van der Waals surface area contributed by atoms with Gasteiger partial charge in [-0.05, 0) is 50.6 Å². The van der Waals surface area contributed by atoms with Gasteiger partial charge in [0.25, 0.3) is 0 Å². The summed E-state index contributed by atoms with van der Waals surface area (Å²) >= 11 is 0. The fourth-order valence-electron chi connectivity index (χ4n) is 2.69. The molecule has 0 bridgehead atoms. The highest BCUT2D eigenvalue weighted by molar-refractivity contribution is 6.03. The maximum absolute atomic E-state index is 12.7. The van der Waals surface area contributed by atoms with Crippen molar-refractivity contribution in [2.24, 2.45) is 5.73 Å². The van der Waals surface area contributed by atoms with Gasteiger partial charge >= 0.3 is 0 Å². The SMILES string of the molecule is CC(=N)c1cc(NC(=O)C(CCN)c2cccc(C)c2)ccc1N. The second kappa shape index (κ2) is 7.75. The van der Waals surface area contributed by atoms with Crippen LogP contribution in [0.3, 0.4) is 0 Å². The Bertz CT molecular complexity index is 755.